The molecule has 1 amide bonds. The molecule has 26 heavy (non-hydrogen) atoms. The van der Waals surface area contributed by atoms with Crippen LogP contribution in [0, 0.1) is 6.92 Å². The fourth-order valence-electron chi connectivity index (χ4n) is 3.96. The molecule has 0 saturated carbocycles. The molecule has 2 saturated heterocycles. The van der Waals surface area contributed by atoms with Crippen molar-refractivity contribution in [3.63, 3.8) is 0 Å². The summed E-state index contributed by atoms with van der Waals surface area (Å²) in [6.45, 7) is 5.76. The molecule has 1 aromatic heterocycles. The van der Waals surface area contributed by atoms with Crippen LogP contribution in [0.4, 0.5) is 5.82 Å². The number of hydrogen-bond acceptors (Lipinski definition) is 3. The Balaban J connectivity index is 1.51. The molecule has 2 aliphatic heterocycles. The summed E-state index contributed by atoms with van der Waals surface area (Å²) in [5.74, 6) is 1.41. The number of carbonyl (C=O) groups excluding carboxylic acids is 1. The Bertz CT molecular complexity index is 819. The van der Waals surface area contributed by atoms with Crippen molar-refractivity contribution in [3.8, 4) is 0 Å². The molecule has 4 nitrogen and oxygen atoms in total. The van der Waals surface area contributed by atoms with Gasteiger partial charge in [0, 0.05) is 48.9 Å². The smallest absolute Gasteiger partial charge is 0.254 e. The third kappa shape index (κ3) is 3.43. The monoisotopic (exact) mass is 369 g/mol. The molecular weight excluding hydrogens is 346 g/mol. The molecule has 4 rings (SSSR count). The van der Waals surface area contributed by atoms with Gasteiger partial charge in [0.05, 0.1) is 0 Å². The van der Waals surface area contributed by atoms with E-state index in [1.54, 1.807) is 6.20 Å². The van der Waals surface area contributed by atoms with Crippen molar-refractivity contribution < 1.29 is 4.79 Å². The lowest BCUT2D eigenvalue weighted by molar-refractivity contribution is 0.0707. The SMILES string of the molecule is Cc1cc(Cl)ccc1C1CCCN(C(=O)c2ccnc(N3CCC3)c2)C1. The molecule has 136 valence electrons. The quantitative estimate of drug-likeness (QED) is 0.810. The fourth-order valence-corrected chi connectivity index (χ4v) is 4.19. The molecule has 0 spiro atoms. The van der Waals surface area contributed by atoms with E-state index < -0.39 is 0 Å². The molecule has 1 atom stereocenters. The number of aromatic nitrogens is 1. The minimum Gasteiger partial charge on any atom is -0.356 e. The second kappa shape index (κ2) is 7.28. The van der Waals surface area contributed by atoms with E-state index in [4.69, 9.17) is 11.6 Å². The predicted molar refractivity (Wildman–Crippen MR) is 105 cm³/mol. The van der Waals surface area contributed by atoms with Gasteiger partial charge < -0.3 is 9.80 Å². The minimum atomic E-state index is 0.116. The van der Waals surface area contributed by atoms with E-state index in [-0.39, 0.29) is 5.91 Å². The largest absolute Gasteiger partial charge is 0.356 e. The molecule has 0 bridgehead atoms. The van der Waals surface area contributed by atoms with E-state index in [1.807, 2.05) is 29.2 Å². The molecule has 0 aliphatic carbocycles. The van der Waals surface area contributed by atoms with Gasteiger partial charge in [-0.2, -0.15) is 0 Å². The van der Waals surface area contributed by atoms with Crippen molar-refractivity contribution in [1.29, 1.82) is 0 Å². The van der Waals surface area contributed by atoms with E-state index >= 15 is 0 Å². The summed E-state index contributed by atoms with van der Waals surface area (Å²) in [7, 11) is 0. The maximum atomic E-state index is 13.1. The van der Waals surface area contributed by atoms with Crippen molar-refractivity contribution in [2.24, 2.45) is 0 Å². The number of rotatable bonds is 3. The maximum Gasteiger partial charge on any atom is 0.254 e. The van der Waals surface area contributed by atoms with Gasteiger partial charge in [-0.3, -0.25) is 4.79 Å². The lowest BCUT2D eigenvalue weighted by Crippen LogP contribution is -2.40. The summed E-state index contributed by atoms with van der Waals surface area (Å²) in [4.78, 5) is 21.7. The van der Waals surface area contributed by atoms with E-state index in [0.717, 1.165) is 55.4 Å². The standard InChI is InChI=1S/C21H24ClN3O/c1-15-12-18(22)5-6-19(15)17-4-2-9-25(14-17)21(26)16-7-8-23-20(13-16)24-10-3-11-24/h5-8,12-13,17H,2-4,9-11,14H2,1H3. The van der Waals surface area contributed by atoms with Crippen LogP contribution < -0.4 is 4.90 Å². The second-order valence-corrected chi connectivity index (χ2v) is 7.77. The lowest BCUT2D eigenvalue weighted by Gasteiger charge is -2.34. The van der Waals surface area contributed by atoms with Gasteiger partial charge in [0.2, 0.25) is 0 Å². The average molecular weight is 370 g/mol. The molecule has 1 unspecified atom stereocenters. The van der Waals surface area contributed by atoms with Gasteiger partial charge in [-0.05, 0) is 61.6 Å². The molecule has 2 fully saturated rings. The zero-order valence-electron chi connectivity index (χ0n) is 15.1. The van der Waals surface area contributed by atoms with Crippen LogP contribution in [-0.2, 0) is 0 Å². The normalized spacial score (nSPS) is 20.0. The van der Waals surface area contributed by atoms with Crippen LogP contribution in [0.1, 0.15) is 46.7 Å². The van der Waals surface area contributed by atoms with Gasteiger partial charge in [0.25, 0.3) is 5.91 Å². The molecule has 2 aromatic rings. The fraction of sp³-hybridized carbons (Fsp3) is 0.429. The average Bonchev–Trinajstić information content (AvgIpc) is 2.60. The maximum absolute atomic E-state index is 13.1. The Morgan fingerprint density at radius 3 is 2.73 bits per heavy atom. The van der Waals surface area contributed by atoms with E-state index in [0.29, 0.717) is 5.92 Å². The van der Waals surface area contributed by atoms with Crippen LogP contribution in [0.3, 0.4) is 0 Å². The van der Waals surface area contributed by atoms with Crippen LogP contribution in [0.5, 0.6) is 0 Å². The zero-order valence-corrected chi connectivity index (χ0v) is 15.9. The number of likely N-dealkylation sites (tertiary alicyclic amines) is 1. The Morgan fingerprint density at radius 1 is 1.15 bits per heavy atom. The first-order valence-corrected chi connectivity index (χ1v) is 9.76. The van der Waals surface area contributed by atoms with Gasteiger partial charge in [0.1, 0.15) is 5.82 Å². The number of amides is 1. The van der Waals surface area contributed by atoms with Crippen molar-refractivity contribution in [3.05, 3.63) is 58.2 Å². The number of pyridine rings is 1. The summed E-state index contributed by atoms with van der Waals surface area (Å²) in [5, 5.41) is 0.769. The Hall–Kier alpha value is -2.07. The van der Waals surface area contributed by atoms with Gasteiger partial charge >= 0.3 is 0 Å². The van der Waals surface area contributed by atoms with E-state index in [1.165, 1.54) is 17.5 Å². The lowest BCUT2D eigenvalue weighted by atomic mass is 9.88. The highest BCUT2D eigenvalue weighted by Gasteiger charge is 2.27. The number of anilines is 1. The molecule has 3 heterocycles. The Kier molecular flexibility index (Phi) is 4.86. The van der Waals surface area contributed by atoms with E-state index in [9.17, 15) is 4.79 Å². The van der Waals surface area contributed by atoms with Crippen molar-refractivity contribution in [2.75, 3.05) is 31.1 Å². The van der Waals surface area contributed by atoms with Crippen LogP contribution in [0.15, 0.2) is 36.5 Å². The number of carbonyl (C=O) groups is 1. The van der Waals surface area contributed by atoms with Gasteiger partial charge in [-0.1, -0.05) is 17.7 Å². The first-order chi connectivity index (χ1) is 12.6. The second-order valence-electron chi connectivity index (χ2n) is 7.33. The third-order valence-corrected chi connectivity index (χ3v) is 5.79. The highest BCUT2D eigenvalue weighted by molar-refractivity contribution is 6.30. The summed E-state index contributed by atoms with van der Waals surface area (Å²) >= 11 is 6.10. The van der Waals surface area contributed by atoms with Crippen LogP contribution >= 0.6 is 11.6 Å². The number of nitrogens with zero attached hydrogens (tertiary/aromatic N) is 3. The number of aryl methyl sites for hydroxylation is 1. The summed E-state index contributed by atoms with van der Waals surface area (Å²) in [6.07, 6.45) is 5.10. The summed E-state index contributed by atoms with van der Waals surface area (Å²) in [5.41, 5.74) is 3.26. The molecule has 5 heteroatoms. The highest BCUT2D eigenvalue weighted by Crippen LogP contribution is 2.31. The van der Waals surface area contributed by atoms with E-state index in [2.05, 4.69) is 22.9 Å². The van der Waals surface area contributed by atoms with Crippen LogP contribution in [0.25, 0.3) is 0 Å². The Morgan fingerprint density at radius 2 is 2.00 bits per heavy atom. The number of piperidine rings is 1. The molecule has 2 aliphatic rings. The molecule has 0 radical (unpaired) electrons. The number of benzene rings is 1. The van der Waals surface area contributed by atoms with Crippen molar-refractivity contribution in [1.82, 2.24) is 9.88 Å². The van der Waals surface area contributed by atoms with Gasteiger partial charge in [-0.15, -0.1) is 0 Å². The molecule has 0 N–H and O–H groups in total. The highest BCUT2D eigenvalue weighted by atomic mass is 35.5. The predicted octanol–water partition coefficient (Wildman–Crippen LogP) is 4.27. The number of halogens is 1. The zero-order chi connectivity index (χ0) is 18.1. The topological polar surface area (TPSA) is 36.4 Å². The summed E-state index contributed by atoms with van der Waals surface area (Å²) < 4.78 is 0. The van der Waals surface area contributed by atoms with Crippen LogP contribution in [0.2, 0.25) is 5.02 Å². The first kappa shape index (κ1) is 17.3. The van der Waals surface area contributed by atoms with Crippen molar-refractivity contribution >= 4 is 23.3 Å². The number of hydrogen-bond donors (Lipinski definition) is 0. The third-order valence-electron chi connectivity index (χ3n) is 5.55. The van der Waals surface area contributed by atoms with Crippen LogP contribution in [-0.4, -0.2) is 42.0 Å². The molecule has 1 aromatic carbocycles. The minimum absolute atomic E-state index is 0.116. The van der Waals surface area contributed by atoms with Gasteiger partial charge in [-0.25, -0.2) is 4.98 Å². The first-order valence-electron chi connectivity index (χ1n) is 9.38. The summed E-state index contributed by atoms with van der Waals surface area (Å²) in [6, 6.07) is 9.86. The van der Waals surface area contributed by atoms with Crippen molar-refractivity contribution in [2.45, 2.75) is 32.1 Å². The van der Waals surface area contributed by atoms with Gasteiger partial charge in [0.15, 0.2) is 0 Å². The molecular formula is C21H24ClN3O. The Labute approximate surface area is 159 Å².